The molecule has 0 aromatic heterocycles. The summed E-state index contributed by atoms with van der Waals surface area (Å²) in [5.74, 6) is -1.83. The van der Waals surface area contributed by atoms with Crippen molar-refractivity contribution in [2.45, 2.75) is 25.8 Å². The van der Waals surface area contributed by atoms with Gasteiger partial charge in [0.05, 0.1) is 0 Å². The van der Waals surface area contributed by atoms with Gasteiger partial charge < -0.3 is 10.8 Å². The molecule has 0 heterocycles. The smallest absolute Gasteiger partial charge is 0.329 e. The van der Waals surface area contributed by atoms with E-state index in [9.17, 15) is 9.59 Å². The third-order valence-electron chi connectivity index (χ3n) is 1.56. The number of nitrogens with two attached hydrogens (primary N) is 1. The monoisotopic (exact) mass is 191 g/mol. The quantitative estimate of drug-likeness (QED) is 0.385. The fourth-order valence-corrected chi connectivity index (χ4v) is 0.872. The molecule has 0 aromatic carbocycles. The number of carbonyl (C=O) groups excluding carboxylic acids is 1. The number of nitrogens with zero attached hydrogens (tertiary/aromatic N) is 1. The van der Waals surface area contributed by atoms with Gasteiger partial charge in [-0.3, -0.25) is 10.0 Å². The molecule has 0 bridgehead atoms. The van der Waals surface area contributed by atoms with E-state index in [-0.39, 0.29) is 6.42 Å². The molecule has 6 nitrogen and oxygen atoms in total. The fourth-order valence-electron chi connectivity index (χ4n) is 0.872. The van der Waals surface area contributed by atoms with Crippen molar-refractivity contribution in [3.05, 3.63) is 0 Å². The molecule has 0 aliphatic heterocycles. The maximum atomic E-state index is 10.9. The lowest BCUT2D eigenvalue weighted by Gasteiger charge is -2.20. The number of rotatable bonds is 6. The molecule has 0 aliphatic rings. The van der Waals surface area contributed by atoms with Crippen LogP contribution in [0.2, 0.25) is 1.43 Å². The highest BCUT2D eigenvalue weighted by Gasteiger charge is 2.25. The molecule has 0 aromatic rings. The first-order valence-electron chi connectivity index (χ1n) is 4.31. The Morgan fingerprint density at radius 3 is 2.62 bits per heavy atom. The number of amides is 1. The van der Waals surface area contributed by atoms with Crippen molar-refractivity contribution in [1.29, 1.82) is 0 Å². The molecule has 76 valence electrons. The van der Waals surface area contributed by atoms with Crippen LogP contribution in [-0.2, 0) is 9.59 Å². The van der Waals surface area contributed by atoms with Gasteiger partial charge in [0.25, 0.3) is 0 Å². The van der Waals surface area contributed by atoms with Crippen LogP contribution >= 0.6 is 0 Å². The van der Waals surface area contributed by atoms with Crippen LogP contribution in [0, 0.1) is 0 Å². The number of hydrogen-bond donors (Lipinski definition) is 3. The molecule has 0 unspecified atom stereocenters. The van der Waals surface area contributed by atoms with Gasteiger partial charge in [-0.15, -0.1) is 0 Å². The van der Waals surface area contributed by atoms with E-state index in [4.69, 9.17) is 12.3 Å². The number of aliphatic carboxylic acids is 1. The van der Waals surface area contributed by atoms with Crippen molar-refractivity contribution < 1.29 is 21.3 Å². The van der Waals surface area contributed by atoms with Crippen LogP contribution < -0.4 is 5.73 Å². The molecular formula is C7H14N2O4. The Bertz CT molecular complexity index is 212. The largest absolute Gasteiger partial charge is 0.480 e. The molecule has 13 heavy (non-hydrogen) atoms. The zero-order valence-corrected chi connectivity index (χ0v) is 7.40. The van der Waals surface area contributed by atoms with E-state index in [2.05, 4.69) is 5.21 Å². The Balaban J connectivity index is 4.44. The maximum Gasteiger partial charge on any atom is 0.329 e. The van der Waals surface area contributed by atoms with Gasteiger partial charge in [-0.25, -0.2) is 9.86 Å². The van der Waals surface area contributed by atoms with Crippen LogP contribution in [0.15, 0.2) is 0 Å². The Hall–Kier alpha value is -1.14. The predicted octanol–water partition coefficient (Wildman–Crippen LogP) is -0.584. The Labute approximate surface area is 77.4 Å². The second kappa shape index (κ2) is 5.50. The summed E-state index contributed by atoms with van der Waals surface area (Å²) >= 11 is 0. The third kappa shape index (κ3) is 3.86. The van der Waals surface area contributed by atoms with E-state index >= 15 is 0 Å². The van der Waals surface area contributed by atoms with Crippen molar-refractivity contribution >= 4 is 11.9 Å². The number of carbonyl (C=O) groups is 2. The van der Waals surface area contributed by atoms with E-state index in [0.717, 1.165) is 6.92 Å². The van der Waals surface area contributed by atoms with Crippen LogP contribution in [-0.4, -0.2) is 39.8 Å². The van der Waals surface area contributed by atoms with E-state index in [0.29, 0.717) is 18.0 Å². The van der Waals surface area contributed by atoms with E-state index in [1.54, 1.807) is 0 Å². The summed E-state index contributed by atoms with van der Waals surface area (Å²) in [5.41, 5.74) is 5.21. The molecule has 0 saturated heterocycles. The first kappa shape index (κ1) is 9.94. The summed E-state index contributed by atoms with van der Waals surface area (Å²) in [7, 11) is 0. The van der Waals surface area contributed by atoms with Crippen molar-refractivity contribution in [3.8, 4) is 0 Å². The first-order chi connectivity index (χ1) is 6.54. The van der Waals surface area contributed by atoms with E-state index in [1.165, 1.54) is 0 Å². The molecular weight excluding hydrogens is 176 g/mol. The zero-order valence-electron chi connectivity index (χ0n) is 8.40. The molecule has 0 spiro atoms. The molecule has 4 N–H and O–H groups in total. The van der Waals surface area contributed by atoms with Crippen LogP contribution in [0.4, 0.5) is 0 Å². The minimum atomic E-state index is -1.21. The molecule has 0 rings (SSSR count). The van der Waals surface area contributed by atoms with Gasteiger partial charge >= 0.3 is 5.97 Å². The summed E-state index contributed by atoms with van der Waals surface area (Å²) in [5, 5.41) is 13.2. The number of carboxylic acid groups (broad SMARTS) is 1. The van der Waals surface area contributed by atoms with Crippen molar-refractivity contribution in [3.63, 3.8) is 0 Å². The molecule has 0 fully saturated rings. The molecule has 0 radical (unpaired) electrons. The summed E-state index contributed by atoms with van der Waals surface area (Å²) in [6.45, 7) is 1.46. The highest BCUT2D eigenvalue weighted by atomic mass is 16.5. The second-order valence-electron chi connectivity index (χ2n) is 2.63. The highest BCUT2D eigenvalue weighted by Crippen LogP contribution is 2.04. The first-order valence-corrected chi connectivity index (χ1v) is 3.90. The minimum absolute atomic E-state index is 0.171. The Morgan fingerprint density at radius 2 is 2.31 bits per heavy atom. The second-order valence-corrected chi connectivity index (χ2v) is 2.63. The van der Waals surface area contributed by atoms with Gasteiger partial charge in [0.2, 0.25) is 7.34 Å². The average Bonchev–Trinajstić information content (AvgIpc) is 2.10. The topological polar surface area (TPSA) is 104 Å². The Morgan fingerprint density at radius 1 is 1.69 bits per heavy atom. The number of hydroxylamine groups is 2. The summed E-state index contributed by atoms with van der Waals surface area (Å²) in [6.07, 6.45) is 0.619. The van der Waals surface area contributed by atoms with E-state index in [1.807, 2.05) is 0 Å². The van der Waals surface area contributed by atoms with Gasteiger partial charge in [0, 0.05) is 6.92 Å². The summed E-state index contributed by atoms with van der Waals surface area (Å²) in [6, 6.07) is -1.14. The predicted molar refractivity (Wildman–Crippen MR) is 44.0 cm³/mol. The van der Waals surface area contributed by atoms with Crippen molar-refractivity contribution in [2.75, 3.05) is 6.54 Å². The molecule has 1 amide bonds. The van der Waals surface area contributed by atoms with Crippen LogP contribution in [0.3, 0.4) is 0 Å². The Kier molecular flexibility index (Phi) is 4.20. The molecule has 6 heteroatoms. The average molecular weight is 191 g/mol. The lowest BCUT2D eigenvalue weighted by atomic mass is 10.1. The fraction of sp³-hybridized carbons (Fsp3) is 0.714. The lowest BCUT2D eigenvalue weighted by Crippen LogP contribution is -2.42. The van der Waals surface area contributed by atoms with Gasteiger partial charge in [-0.05, 0) is 19.4 Å². The van der Waals surface area contributed by atoms with Crippen LogP contribution in [0.25, 0.3) is 0 Å². The van der Waals surface area contributed by atoms with E-state index < -0.39 is 17.9 Å². The van der Waals surface area contributed by atoms with Gasteiger partial charge in [0.1, 0.15) is 0 Å². The zero-order chi connectivity index (χ0) is 11.1. The minimum Gasteiger partial charge on any atom is -0.480 e. The van der Waals surface area contributed by atoms with Gasteiger partial charge in [-0.2, -0.15) is 0 Å². The lowest BCUT2D eigenvalue weighted by molar-refractivity contribution is -0.184. The summed E-state index contributed by atoms with van der Waals surface area (Å²) < 4.78 is 6.56. The van der Waals surface area contributed by atoms with Crippen LogP contribution in [0.1, 0.15) is 19.8 Å². The molecule has 1 atom stereocenters. The molecule has 0 aliphatic carbocycles. The van der Waals surface area contributed by atoms with Crippen LogP contribution in [0.5, 0.6) is 0 Å². The highest BCUT2D eigenvalue weighted by molar-refractivity contribution is 5.81. The van der Waals surface area contributed by atoms with Gasteiger partial charge in [0.15, 0.2) is 6.04 Å². The maximum absolute atomic E-state index is 10.9. The SMILES string of the molecule is [2H]ON(C(C)=O)[C@@H](CCCN)C(=O)O. The van der Waals surface area contributed by atoms with Gasteiger partial charge in [-0.1, -0.05) is 0 Å². The number of carboxylic acids is 1. The normalized spacial score (nSPS) is 13.2. The third-order valence-corrected chi connectivity index (χ3v) is 1.56. The van der Waals surface area contributed by atoms with Crippen molar-refractivity contribution in [1.82, 2.24) is 5.06 Å². The molecule has 0 saturated carbocycles. The number of hydrogen-bond acceptors (Lipinski definition) is 4. The van der Waals surface area contributed by atoms with Crippen molar-refractivity contribution in [2.24, 2.45) is 5.73 Å². The standard InChI is InChI=1S/C7H14N2O4/c1-5(10)9(13)6(7(11)12)3-2-4-8/h6,13H,2-4,8H2,1H3,(H,11,12)/t6-/m0/s1/i13D. The summed E-state index contributed by atoms with van der Waals surface area (Å²) in [4.78, 5) is 21.6.